The Morgan fingerprint density at radius 2 is 1.94 bits per heavy atom. The van der Waals surface area contributed by atoms with Gasteiger partial charge in [0.15, 0.2) is 18.1 Å². The quantitative estimate of drug-likeness (QED) is 0.542. The summed E-state index contributed by atoms with van der Waals surface area (Å²) >= 11 is 0. The maximum atomic E-state index is 12.2. The third-order valence-corrected chi connectivity index (χ3v) is 5.62. The molecule has 4 rings (SSSR count). The molecule has 2 aliphatic rings. The minimum atomic E-state index is -0.543. The number of benzene rings is 1. The van der Waals surface area contributed by atoms with Gasteiger partial charge in [-0.15, -0.1) is 0 Å². The van der Waals surface area contributed by atoms with Crippen LogP contribution in [-0.4, -0.2) is 36.3 Å². The molecule has 164 valence electrons. The van der Waals surface area contributed by atoms with E-state index in [4.69, 9.17) is 14.2 Å². The van der Waals surface area contributed by atoms with Crippen LogP contribution in [0.25, 0.3) is 6.08 Å². The topological polar surface area (TPSA) is 78.8 Å². The fourth-order valence-corrected chi connectivity index (χ4v) is 3.90. The average molecular weight is 424 g/mol. The molecule has 2 heterocycles. The molecule has 7 heteroatoms. The number of hydrogen-bond acceptors (Lipinski definition) is 5. The summed E-state index contributed by atoms with van der Waals surface area (Å²) in [6.07, 6.45) is 5.54. The summed E-state index contributed by atoms with van der Waals surface area (Å²) in [5.41, 5.74) is 4.23. The Kier molecular flexibility index (Phi) is 6.02. The van der Waals surface area contributed by atoms with Gasteiger partial charge in [0.1, 0.15) is 13.2 Å². The Hall–Kier alpha value is -3.22. The molecular weight excluding hydrogens is 396 g/mol. The van der Waals surface area contributed by atoms with Crippen LogP contribution in [0.4, 0.5) is 0 Å². The Morgan fingerprint density at radius 1 is 1.19 bits per heavy atom. The first-order chi connectivity index (χ1) is 14.9. The number of aryl methyl sites for hydroxylation is 1. The van der Waals surface area contributed by atoms with Gasteiger partial charge in [-0.1, -0.05) is 6.07 Å². The van der Waals surface area contributed by atoms with Gasteiger partial charge in [0.25, 0.3) is 5.91 Å². The lowest BCUT2D eigenvalue weighted by atomic mass is 10.1. The molecule has 0 radical (unpaired) electrons. The molecule has 1 saturated carbocycles. The second-order valence-corrected chi connectivity index (χ2v) is 8.06. The van der Waals surface area contributed by atoms with Crippen molar-refractivity contribution in [2.45, 2.75) is 45.7 Å². The van der Waals surface area contributed by atoms with E-state index in [1.165, 1.54) is 24.6 Å². The standard InChI is InChI=1S/C24H28N2O5/c1-15-12-19(17(3)26(15)20-6-7-20)5-9-24(28)31-14-23(27)25-16(2)18-4-8-21-22(13-18)30-11-10-29-21/h4-5,8-9,12-13,16,20H,6-7,10-11,14H2,1-3H3,(H,25,27)/b9-5+/t16-/m0/s1. The molecule has 1 atom stereocenters. The van der Waals surface area contributed by atoms with E-state index in [1.54, 1.807) is 6.08 Å². The van der Waals surface area contributed by atoms with Crippen molar-refractivity contribution < 1.29 is 23.8 Å². The fourth-order valence-electron chi connectivity index (χ4n) is 3.90. The van der Waals surface area contributed by atoms with Crippen molar-refractivity contribution in [3.05, 3.63) is 52.9 Å². The minimum absolute atomic E-state index is 0.259. The van der Waals surface area contributed by atoms with E-state index < -0.39 is 5.97 Å². The first kappa shape index (κ1) is 21.0. The molecule has 1 fully saturated rings. The highest BCUT2D eigenvalue weighted by Gasteiger charge is 2.26. The van der Waals surface area contributed by atoms with E-state index in [-0.39, 0.29) is 18.6 Å². The van der Waals surface area contributed by atoms with E-state index >= 15 is 0 Å². The zero-order valence-corrected chi connectivity index (χ0v) is 18.1. The number of carbonyl (C=O) groups is 2. The molecule has 0 spiro atoms. The van der Waals surface area contributed by atoms with Gasteiger partial charge < -0.3 is 24.1 Å². The minimum Gasteiger partial charge on any atom is -0.486 e. The molecule has 1 N–H and O–H groups in total. The Balaban J connectivity index is 1.27. The highest BCUT2D eigenvalue weighted by Crippen LogP contribution is 2.38. The Bertz CT molecular complexity index is 1020. The van der Waals surface area contributed by atoms with Gasteiger partial charge in [0, 0.05) is 23.5 Å². The Labute approximate surface area is 182 Å². The van der Waals surface area contributed by atoms with Gasteiger partial charge >= 0.3 is 5.97 Å². The molecule has 1 aromatic heterocycles. The predicted octanol–water partition coefficient (Wildman–Crippen LogP) is 3.64. The number of ether oxygens (including phenoxy) is 3. The lowest BCUT2D eigenvalue weighted by Crippen LogP contribution is -2.31. The SMILES string of the molecule is Cc1cc(/C=C/C(=O)OCC(=O)N[C@@H](C)c2ccc3c(c2)OCCO3)c(C)n1C1CC1. The first-order valence-corrected chi connectivity index (χ1v) is 10.6. The zero-order chi connectivity index (χ0) is 22.0. The molecule has 7 nitrogen and oxygen atoms in total. The van der Waals surface area contributed by atoms with E-state index in [2.05, 4.69) is 29.8 Å². The van der Waals surface area contributed by atoms with Crippen molar-refractivity contribution >= 4 is 18.0 Å². The smallest absolute Gasteiger partial charge is 0.331 e. The fraction of sp³-hybridized carbons (Fsp3) is 0.417. The number of nitrogens with one attached hydrogen (secondary N) is 1. The average Bonchev–Trinajstić information content (AvgIpc) is 3.55. The summed E-state index contributed by atoms with van der Waals surface area (Å²) in [6.45, 7) is 6.70. The number of esters is 1. The molecule has 0 unspecified atom stereocenters. The summed E-state index contributed by atoms with van der Waals surface area (Å²) in [7, 11) is 0. The molecule has 1 amide bonds. The number of fused-ring (bicyclic) bond motifs is 1. The summed E-state index contributed by atoms with van der Waals surface area (Å²) in [4.78, 5) is 24.3. The van der Waals surface area contributed by atoms with Crippen molar-refractivity contribution in [3.63, 3.8) is 0 Å². The number of hydrogen-bond donors (Lipinski definition) is 1. The monoisotopic (exact) mass is 424 g/mol. The molecule has 1 aromatic carbocycles. The van der Waals surface area contributed by atoms with Gasteiger partial charge in [0.2, 0.25) is 0 Å². The van der Waals surface area contributed by atoms with Gasteiger partial charge in [-0.25, -0.2) is 4.79 Å². The normalized spacial score (nSPS) is 16.2. The van der Waals surface area contributed by atoms with Crippen molar-refractivity contribution in [3.8, 4) is 11.5 Å². The van der Waals surface area contributed by atoms with Crippen LogP contribution in [0.3, 0.4) is 0 Å². The lowest BCUT2D eigenvalue weighted by Gasteiger charge is -2.21. The molecule has 2 aromatic rings. The lowest BCUT2D eigenvalue weighted by molar-refractivity contribution is -0.144. The van der Waals surface area contributed by atoms with Gasteiger partial charge in [0.05, 0.1) is 6.04 Å². The van der Waals surface area contributed by atoms with Gasteiger partial charge in [-0.3, -0.25) is 4.79 Å². The molecular formula is C24H28N2O5. The number of aromatic nitrogens is 1. The number of amides is 1. The van der Waals surface area contributed by atoms with Crippen LogP contribution in [-0.2, 0) is 14.3 Å². The number of nitrogens with zero attached hydrogens (tertiary/aromatic N) is 1. The van der Waals surface area contributed by atoms with E-state index in [0.29, 0.717) is 30.8 Å². The number of carbonyl (C=O) groups excluding carboxylic acids is 2. The van der Waals surface area contributed by atoms with Crippen LogP contribution >= 0.6 is 0 Å². The van der Waals surface area contributed by atoms with Crippen LogP contribution in [0.1, 0.15) is 54.4 Å². The molecule has 1 aliphatic heterocycles. The Morgan fingerprint density at radius 3 is 2.68 bits per heavy atom. The van der Waals surface area contributed by atoms with E-state index in [1.807, 2.05) is 25.1 Å². The summed E-state index contributed by atoms with van der Waals surface area (Å²) in [5.74, 6) is 0.462. The molecule has 31 heavy (non-hydrogen) atoms. The first-order valence-electron chi connectivity index (χ1n) is 10.6. The third kappa shape index (κ3) is 4.93. The van der Waals surface area contributed by atoms with Crippen molar-refractivity contribution in [1.29, 1.82) is 0 Å². The predicted molar refractivity (Wildman–Crippen MR) is 116 cm³/mol. The van der Waals surface area contributed by atoms with E-state index in [0.717, 1.165) is 16.8 Å². The molecule has 0 bridgehead atoms. The summed E-state index contributed by atoms with van der Waals surface area (Å²) in [5, 5.41) is 2.83. The van der Waals surface area contributed by atoms with E-state index in [9.17, 15) is 9.59 Å². The molecule has 1 aliphatic carbocycles. The van der Waals surface area contributed by atoms with Crippen LogP contribution < -0.4 is 14.8 Å². The van der Waals surface area contributed by atoms with Gasteiger partial charge in [-0.2, -0.15) is 0 Å². The maximum Gasteiger partial charge on any atom is 0.331 e. The summed E-state index contributed by atoms with van der Waals surface area (Å²) < 4.78 is 18.5. The maximum absolute atomic E-state index is 12.2. The van der Waals surface area contributed by atoms with Crippen molar-refractivity contribution in [2.24, 2.45) is 0 Å². The van der Waals surface area contributed by atoms with Crippen LogP contribution in [0.5, 0.6) is 11.5 Å². The van der Waals surface area contributed by atoms with Gasteiger partial charge in [-0.05, 0) is 69.0 Å². The van der Waals surface area contributed by atoms with Crippen LogP contribution in [0, 0.1) is 13.8 Å². The van der Waals surface area contributed by atoms with Crippen LogP contribution in [0.15, 0.2) is 30.3 Å². The third-order valence-electron chi connectivity index (χ3n) is 5.62. The summed E-state index contributed by atoms with van der Waals surface area (Å²) in [6, 6.07) is 7.97. The van der Waals surface area contributed by atoms with Crippen molar-refractivity contribution in [1.82, 2.24) is 9.88 Å². The number of rotatable bonds is 7. The zero-order valence-electron chi connectivity index (χ0n) is 18.1. The highest BCUT2D eigenvalue weighted by atomic mass is 16.6. The largest absolute Gasteiger partial charge is 0.486 e. The van der Waals surface area contributed by atoms with Crippen molar-refractivity contribution in [2.75, 3.05) is 19.8 Å². The second-order valence-electron chi connectivity index (χ2n) is 8.06. The second kappa shape index (κ2) is 8.88. The molecule has 0 saturated heterocycles. The highest BCUT2D eigenvalue weighted by molar-refractivity contribution is 5.89. The van der Waals surface area contributed by atoms with Crippen LogP contribution in [0.2, 0.25) is 0 Å².